The highest BCUT2D eigenvalue weighted by Gasteiger charge is 2.17. The van der Waals surface area contributed by atoms with Crippen LogP contribution in [0.1, 0.15) is 6.42 Å². The van der Waals surface area contributed by atoms with Gasteiger partial charge < -0.3 is 9.84 Å². The molecule has 0 aromatic carbocycles. The number of thiazole rings is 1. The topological polar surface area (TPSA) is 88.5 Å². The maximum Gasteiger partial charge on any atom is 0.251 e. The predicted octanol–water partition coefficient (Wildman–Crippen LogP) is 0.472. The fraction of sp³-hybridized carbons (Fsp3) is 0.625. The fourth-order valence-corrected chi connectivity index (χ4v) is 3.46. The Kier molecular flexibility index (Phi) is 5.77. The molecule has 6 nitrogen and oxygen atoms in total. The first-order chi connectivity index (χ1) is 7.95. The third-order valence-corrected chi connectivity index (χ3v) is 4.89. The van der Waals surface area contributed by atoms with E-state index in [1.807, 2.05) is 0 Å². The molecule has 0 radical (unpaired) electrons. The lowest BCUT2D eigenvalue weighted by atomic mass is 10.3. The van der Waals surface area contributed by atoms with Crippen LogP contribution >= 0.6 is 22.9 Å². The molecule has 1 heterocycles. The number of rotatable bonds is 7. The van der Waals surface area contributed by atoms with Crippen LogP contribution in [0.4, 0.5) is 0 Å². The second-order valence-electron chi connectivity index (χ2n) is 3.23. The summed E-state index contributed by atoms with van der Waals surface area (Å²) < 4.78 is 30.6. The Balaban J connectivity index is 2.46. The molecule has 0 fully saturated rings. The summed E-state index contributed by atoms with van der Waals surface area (Å²) in [5, 5.41) is 9.33. The van der Waals surface area contributed by atoms with Gasteiger partial charge in [0, 0.05) is 13.7 Å². The smallest absolute Gasteiger partial charge is 0.251 e. The number of nitrogens with zero attached hydrogens (tertiary/aromatic N) is 1. The van der Waals surface area contributed by atoms with E-state index in [0.717, 1.165) is 11.3 Å². The molecule has 0 saturated heterocycles. The summed E-state index contributed by atoms with van der Waals surface area (Å²) in [6.45, 7) is 0.302. The maximum atomic E-state index is 11.7. The van der Waals surface area contributed by atoms with E-state index >= 15 is 0 Å². The van der Waals surface area contributed by atoms with Crippen LogP contribution in [0.5, 0.6) is 0 Å². The van der Waals surface area contributed by atoms with Gasteiger partial charge in [0.15, 0.2) is 8.68 Å². The van der Waals surface area contributed by atoms with Gasteiger partial charge in [0.2, 0.25) is 0 Å². The zero-order valence-electron chi connectivity index (χ0n) is 9.09. The first-order valence-electron chi connectivity index (χ1n) is 4.73. The lowest BCUT2D eigenvalue weighted by molar-refractivity contribution is 0.0603. The van der Waals surface area contributed by atoms with Gasteiger partial charge in [-0.2, -0.15) is 0 Å². The highest BCUT2D eigenvalue weighted by Crippen LogP contribution is 2.21. The monoisotopic (exact) mass is 300 g/mol. The number of ether oxygens (including phenoxy) is 1. The molecule has 0 amide bonds. The van der Waals surface area contributed by atoms with E-state index in [0.29, 0.717) is 0 Å². The number of methoxy groups -OCH3 is 1. The first kappa shape index (κ1) is 14.8. The molecule has 0 aliphatic rings. The van der Waals surface area contributed by atoms with E-state index in [-0.39, 0.29) is 28.2 Å². The molecule has 0 saturated carbocycles. The summed E-state index contributed by atoms with van der Waals surface area (Å²) in [5.74, 6) is 0. The predicted molar refractivity (Wildman–Crippen MR) is 64.8 cm³/mol. The third-order valence-electron chi connectivity index (χ3n) is 1.85. The van der Waals surface area contributed by atoms with Gasteiger partial charge in [-0.3, -0.25) is 0 Å². The highest BCUT2D eigenvalue weighted by atomic mass is 35.5. The van der Waals surface area contributed by atoms with Gasteiger partial charge in [-0.05, 0) is 6.42 Å². The lowest BCUT2D eigenvalue weighted by Gasteiger charge is -2.09. The summed E-state index contributed by atoms with van der Waals surface area (Å²) in [5.41, 5.74) is 0. The van der Waals surface area contributed by atoms with Gasteiger partial charge in [0.1, 0.15) is 0 Å². The Hall–Kier alpha value is -0.250. The van der Waals surface area contributed by atoms with Gasteiger partial charge in [-0.15, -0.1) is 0 Å². The lowest BCUT2D eigenvalue weighted by Crippen LogP contribution is -2.28. The standard InChI is InChI=1S/C8H13ClN2O4S2/c1-15-5-6(12)2-3-11-17(13,14)7-4-10-8(9)16-7/h4,6,11-12H,2-3,5H2,1H3. The molecule has 9 heteroatoms. The van der Waals surface area contributed by atoms with Crippen molar-refractivity contribution in [2.24, 2.45) is 0 Å². The molecule has 1 aromatic heterocycles. The molecule has 0 bridgehead atoms. The Labute approximate surface area is 109 Å². The van der Waals surface area contributed by atoms with Crippen LogP contribution in [0.2, 0.25) is 4.47 Å². The van der Waals surface area contributed by atoms with Crippen molar-refractivity contribution >= 4 is 33.0 Å². The molecule has 0 aliphatic heterocycles. The highest BCUT2D eigenvalue weighted by molar-refractivity contribution is 7.91. The van der Waals surface area contributed by atoms with Crippen molar-refractivity contribution in [2.45, 2.75) is 16.7 Å². The molecule has 0 spiro atoms. The van der Waals surface area contributed by atoms with Crippen molar-refractivity contribution in [1.82, 2.24) is 9.71 Å². The van der Waals surface area contributed by atoms with Crippen LogP contribution in [-0.2, 0) is 14.8 Å². The van der Waals surface area contributed by atoms with E-state index < -0.39 is 16.1 Å². The summed E-state index contributed by atoms with van der Waals surface area (Å²) in [6.07, 6.45) is 0.785. The number of aliphatic hydroxyl groups excluding tert-OH is 1. The zero-order chi connectivity index (χ0) is 12.9. The number of aromatic nitrogens is 1. The van der Waals surface area contributed by atoms with E-state index in [2.05, 4.69) is 9.71 Å². The normalized spacial score (nSPS) is 13.8. The summed E-state index contributed by atoms with van der Waals surface area (Å²) in [4.78, 5) is 3.65. The van der Waals surface area contributed by atoms with Crippen molar-refractivity contribution in [3.8, 4) is 0 Å². The molecule has 1 unspecified atom stereocenters. The molecular formula is C8H13ClN2O4S2. The number of nitrogens with one attached hydrogen (secondary N) is 1. The van der Waals surface area contributed by atoms with E-state index in [1.54, 1.807) is 0 Å². The SMILES string of the molecule is COCC(O)CCNS(=O)(=O)c1cnc(Cl)s1. The van der Waals surface area contributed by atoms with Crippen LogP contribution in [0, 0.1) is 0 Å². The van der Waals surface area contributed by atoms with E-state index in [9.17, 15) is 13.5 Å². The summed E-state index contributed by atoms with van der Waals surface area (Å²) in [7, 11) is -2.12. The van der Waals surface area contributed by atoms with Gasteiger partial charge in [0.25, 0.3) is 10.0 Å². The van der Waals surface area contributed by atoms with Crippen LogP contribution in [-0.4, -0.2) is 44.9 Å². The minimum absolute atomic E-state index is 0.0590. The van der Waals surface area contributed by atoms with Gasteiger partial charge >= 0.3 is 0 Å². The van der Waals surface area contributed by atoms with Gasteiger partial charge in [0.05, 0.1) is 18.9 Å². The molecule has 2 N–H and O–H groups in total. The Morgan fingerprint density at radius 1 is 1.71 bits per heavy atom. The number of hydrogen-bond donors (Lipinski definition) is 2. The first-order valence-corrected chi connectivity index (χ1v) is 7.41. The van der Waals surface area contributed by atoms with Crippen LogP contribution in [0.25, 0.3) is 0 Å². The number of hydrogen-bond acceptors (Lipinski definition) is 6. The largest absolute Gasteiger partial charge is 0.391 e. The minimum Gasteiger partial charge on any atom is -0.391 e. The fourth-order valence-electron chi connectivity index (χ4n) is 1.07. The molecule has 0 aliphatic carbocycles. The zero-order valence-corrected chi connectivity index (χ0v) is 11.5. The van der Waals surface area contributed by atoms with E-state index in [1.165, 1.54) is 13.3 Å². The Morgan fingerprint density at radius 3 is 2.94 bits per heavy atom. The summed E-state index contributed by atoms with van der Waals surface area (Å²) >= 11 is 6.43. The molecule has 1 rings (SSSR count). The van der Waals surface area contributed by atoms with Crippen LogP contribution in [0.15, 0.2) is 10.4 Å². The van der Waals surface area contributed by atoms with E-state index in [4.69, 9.17) is 16.3 Å². The minimum atomic E-state index is -3.58. The van der Waals surface area contributed by atoms with Crippen molar-refractivity contribution < 1.29 is 18.3 Å². The van der Waals surface area contributed by atoms with Crippen molar-refractivity contribution in [3.05, 3.63) is 10.7 Å². The van der Waals surface area contributed by atoms with Gasteiger partial charge in [-0.1, -0.05) is 22.9 Å². The average Bonchev–Trinajstić information content (AvgIpc) is 2.65. The van der Waals surface area contributed by atoms with Crippen LogP contribution < -0.4 is 4.72 Å². The third kappa shape index (κ3) is 4.86. The molecule has 1 aromatic rings. The van der Waals surface area contributed by atoms with Crippen molar-refractivity contribution in [1.29, 1.82) is 0 Å². The Bertz CT molecular complexity index is 448. The molecule has 17 heavy (non-hydrogen) atoms. The summed E-state index contributed by atoms with van der Waals surface area (Å²) in [6, 6.07) is 0. The Morgan fingerprint density at radius 2 is 2.41 bits per heavy atom. The molecule has 98 valence electrons. The van der Waals surface area contributed by atoms with Crippen LogP contribution in [0.3, 0.4) is 0 Å². The second kappa shape index (κ2) is 6.62. The number of aliphatic hydroxyl groups is 1. The van der Waals surface area contributed by atoms with Crippen molar-refractivity contribution in [2.75, 3.05) is 20.3 Å². The second-order valence-corrected chi connectivity index (χ2v) is 6.83. The molecule has 1 atom stereocenters. The maximum absolute atomic E-state index is 11.7. The average molecular weight is 301 g/mol. The van der Waals surface area contributed by atoms with Gasteiger partial charge in [-0.25, -0.2) is 18.1 Å². The molecular weight excluding hydrogens is 288 g/mol. The van der Waals surface area contributed by atoms with Crippen molar-refractivity contribution in [3.63, 3.8) is 0 Å². The quantitative estimate of drug-likeness (QED) is 0.764. The number of sulfonamides is 1. The number of halogens is 1.